The Hall–Kier alpha value is -2.84. The number of hydrogen-bond donors (Lipinski definition) is 1. The van der Waals surface area contributed by atoms with Crippen molar-refractivity contribution in [1.29, 1.82) is 0 Å². The van der Waals surface area contributed by atoms with E-state index in [9.17, 15) is 19.1 Å². The number of thiazole rings is 1. The Morgan fingerprint density at radius 3 is 2.89 bits per heavy atom. The van der Waals surface area contributed by atoms with E-state index in [1.165, 1.54) is 23.2 Å². The van der Waals surface area contributed by atoms with E-state index in [0.717, 1.165) is 11.3 Å². The predicted molar refractivity (Wildman–Crippen MR) is 104 cm³/mol. The highest BCUT2D eigenvalue weighted by atomic mass is 35.5. The second kappa shape index (κ2) is 6.96. The number of Topliss-reactive ketones (excluding diaryl/α,β-unsaturated/α-hetero) is 1. The first-order valence-corrected chi connectivity index (χ1v) is 9.57. The van der Waals surface area contributed by atoms with Gasteiger partial charge in [-0.25, -0.2) is 9.37 Å². The first-order valence-electron chi connectivity index (χ1n) is 8.37. The van der Waals surface area contributed by atoms with Crippen molar-refractivity contribution in [2.75, 3.05) is 4.90 Å². The summed E-state index contributed by atoms with van der Waals surface area (Å²) >= 11 is 6.89. The van der Waals surface area contributed by atoms with Gasteiger partial charge >= 0.3 is 0 Å². The number of fused-ring (bicyclic) bond motifs is 1. The van der Waals surface area contributed by atoms with Crippen LogP contribution in [0.1, 0.15) is 24.9 Å². The smallest absolute Gasteiger partial charge is 0.296 e. The minimum atomic E-state index is -0.866. The third-order valence-corrected chi connectivity index (χ3v) is 5.76. The van der Waals surface area contributed by atoms with Crippen molar-refractivity contribution in [1.82, 2.24) is 9.97 Å². The lowest BCUT2D eigenvalue weighted by Gasteiger charge is -2.23. The minimum Gasteiger partial charge on any atom is -0.503 e. The van der Waals surface area contributed by atoms with E-state index < -0.39 is 23.5 Å². The number of ketones is 1. The van der Waals surface area contributed by atoms with E-state index in [1.807, 2.05) is 0 Å². The average Bonchev–Trinajstić information content (AvgIpc) is 3.20. The molecule has 3 heterocycles. The lowest BCUT2D eigenvalue weighted by atomic mass is 9.96. The molecule has 0 radical (unpaired) electrons. The molecule has 1 amide bonds. The summed E-state index contributed by atoms with van der Waals surface area (Å²) in [5, 5.41) is 10.6. The van der Waals surface area contributed by atoms with Crippen molar-refractivity contribution in [3.8, 4) is 0 Å². The lowest BCUT2D eigenvalue weighted by molar-refractivity contribution is -0.118. The van der Waals surface area contributed by atoms with Crippen molar-refractivity contribution < 1.29 is 19.1 Å². The molecule has 9 heteroatoms. The molecule has 1 unspecified atom stereocenters. The van der Waals surface area contributed by atoms with Crippen LogP contribution in [0.4, 0.5) is 9.52 Å². The van der Waals surface area contributed by atoms with Crippen LogP contribution >= 0.6 is 22.9 Å². The van der Waals surface area contributed by atoms with E-state index in [1.54, 1.807) is 25.3 Å². The van der Waals surface area contributed by atoms with Gasteiger partial charge in [0.25, 0.3) is 5.91 Å². The lowest BCUT2D eigenvalue weighted by Crippen LogP contribution is -2.30. The molecule has 6 nitrogen and oxygen atoms in total. The number of aromatic nitrogens is 2. The van der Waals surface area contributed by atoms with Crippen LogP contribution in [-0.2, 0) is 9.59 Å². The molecular weight excluding hydrogens is 405 g/mol. The van der Waals surface area contributed by atoms with Gasteiger partial charge in [0.05, 0.1) is 26.9 Å². The Labute approximate surface area is 167 Å². The highest BCUT2D eigenvalue weighted by molar-refractivity contribution is 7.22. The molecular formula is C19H13ClFN3O3S. The van der Waals surface area contributed by atoms with Gasteiger partial charge in [-0.1, -0.05) is 35.9 Å². The fourth-order valence-corrected chi connectivity index (χ4v) is 4.30. The molecule has 1 aliphatic heterocycles. The Balaban J connectivity index is 1.90. The molecule has 1 N–H and O–H groups in total. The molecule has 0 bridgehead atoms. The van der Waals surface area contributed by atoms with E-state index in [4.69, 9.17) is 11.6 Å². The average molecular weight is 418 g/mol. The van der Waals surface area contributed by atoms with Crippen molar-refractivity contribution in [2.45, 2.75) is 19.4 Å². The standard InChI is InChI=1S/C19H13ClFN3O3S/c1-2-13(25)15-16(9-4-3-5-22-8-9)24(18(27)17(15)26)19-23-12-6-10(20)11(21)7-14(12)28-19/h3-8,16,26H,2H2,1H3. The van der Waals surface area contributed by atoms with Gasteiger partial charge in [0, 0.05) is 18.8 Å². The van der Waals surface area contributed by atoms with Crippen LogP contribution in [0.25, 0.3) is 10.2 Å². The fraction of sp³-hybridized carbons (Fsp3) is 0.158. The van der Waals surface area contributed by atoms with E-state index in [2.05, 4.69) is 9.97 Å². The summed E-state index contributed by atoms with van der Waals surface area (Å²) in [7, 11) is 0. The molecule has 1 atom stereocenters. The highest BCUT2D eigenvalue weighted by Crippen LogP contribution is 2.43. The summed E-state index contributed by atoms with van der Waals surface area (Å²) in [6.07, 6.45) is 3.21. The van der Waals surface area contributed by atoms with Crippen molar-refractivity contribution in [2.24, 2.45) is 0 Å². The van der Waals surface area contributed by atoms with Crippen LogP contribution in [0.3, 0.4) is 0 Å². The fourth-order valence-electron chi connectivity index (χ4n) is 3.15. The molecule has 2 aromatic heterocycles. The normalized spacial score (nSPS) is 17.0. The molecule has 0 fully saturated rings. The number of carbonyl (C=O) groups is 2. The Bertz CT molecular complexity index is 1110. The molecule has 1 aromatic carbocycles. The zero-order valence-electron chi connectivity index (χ0n) is 14.5. The maximum absolute atomic E-state index is 13.8. The summed E-state index contributed by atoms with van der Waals surface area (Å²) in [6.45, 7) is 1.65. The van der Waals surface area contributed by atoms with E-state index >= 15 is 0 Å². The van der Waals surface area contributed by atoms with Crippen LogP contribution in [0.2, 0.25) is 5.02 Å². The number of benzene rings is 1. The molecule has 1 aliphatic rings. The second-order valence-corrected chi connectivity index (χ2v) is 7.55. The topological polar surface area (TPSA) is 83.4 Å². The molecule has 0 saturated heterocycles. The van der Waals surface area contributed by atoms with Crippen LogP contribution in [0.5, 0.6) is 0 Å². The number of carbonyl (C=O) groups excluding carboxylic acids is 2. The van der Waals surface area contributed by atoms with Gasteiger partial charge in [0.1, 0.15) is 5.82 Å². The molecule has 4 rings (SSSR count). The molecule has 3 aromatic rings. The molecule has 28 heavy (non-hydrogen) atoms. The van der Waals surface area contributed by atoms with Crippen LogP contribution in [0.15, 0.2) is 48.0 Å². The van der Waals surface area contributed by atoms with E-state index in [-0.39, 0.29) is 27.9 Å². The maximum Gasteiger partial charge on any atom is 0.296 e. The predicted octanol–water partition coefficient (Wildman–Crippen LogP) is 4.36. The van der Waals surface area contributed by atoms with Gasteiger partial charge < -0.3 is 5.11 Å². The summed E-state index contributed by atoms with van der Waals surface area (Å²) in [6, 6.07) is 5.13. The van der Waals surface area contributed by atoms with Gasteiger partial charge in [-0.05, 0) is 23.8 Å². The Kier molecular flexibility index (Phi) is 4.60. The maximum atomic E-state index is 13.8. The summed E-state index contributed by atoms with van der Waals surface area (Å²) in [5.74, 6) is -2.29. The first-order chi connectivity index (χ1) is 13.4. The highest BCUT2D eigenvalue weighted by Gasteiger charge is 2.45. The third kappa shape index (κ3) is 2.85. The van der Waals surface area contributed by atoms with Crippen molar-refractivity contribution in [3.63, 3.8) is 0 Å². The van der Waals surface area contributed by atoms with Gasteiger partial charge in [0.2, 0.25) is 0 Å². The molecule has 142 valence electrons. The number of pyridine rings is 1. The van der Waals surface area contributed by atoms with Crippen molar-refractivity contribution in [3.05, 3.63) is 64.4 Å². The van der Waals surface area contributed by atoms with Gasteiger partial charge in [-0.15, -0.1) is 0 Å². The molecule has 0 saturated carbocycles. The minimum absolute atomic E-state index is 0.00368. The summed E-state index contributed by atoms with van der Waals surface area (Å²) in [4.78, 5) is 35.0. The number of hydrogen-bond acceptors (Lipinski definition) is 6. The van der Waals surface area contributed by atoms with Gasteiger partial charge in [0.15, 0.2) is 16.7 Å². The third-order valence-electron chi connectivity index (χ3n) is 4.46. The Morgan fingerprint density at radius 2 is 2.21 bits per heavy atom. The summed E-state index contributed by atoms with van der Waals surface area (Å²) in [5.41, 5.74) is 0.975. The van der Waals surface area contributed by atoms with Gasteiger partial charge in [-0.3, -0.25) is 19.5 Å². The number of amides is 1. The Morgan fingerprint density at radius 1 is 1.43 bits per heavy atom. The number of halogens is 2. The molecule has 0 aliphatic carbocycles. The number of aliphatic hydroxyl groups excluding tert-OH is 1. The molecule has 0 spiro atoms. The van der Waals surface area contributed by atoms with Crippen LogP contribution in [-0.4, -0.2) is 26.8 Å². The number of aliphatic hydroxyl groups is 1. The quantitative estimate of drug-likeness (QED) is 0.681. The number of nitrogens with zero attached hydrogens (tertiary/aromatic N) is 3. The van der Waals surface area contributed by atoms with Crippen LogP contribution in [0, 0.1) is 5.82 Å². The van der Waals surface area contributed by atoms with Crippen molar-refractivity contribution >= 4 is 50.0 Å². The number of anilines is 1. The van der Waals surface area contributed by atoms with E-state index in [0.29, 0.717) is 15.8 Å². The largest absolute Gasteiger partial charge is 0.503 e. The SMILES string of the molecule is CCC(=O)C1=C(O)C(=O)N(c2nc3cc(Cl)c(F)cc3s2)C1c1cccnc1. The monoisotopic (exact) mass is 417 g/mol. The zero-order chi connectivity index (χ0) is 20.0. The first kappa shape index (κ1) is 18.5. The number of rotatable bonds is 4. The second-order valence-electron chi connectivity index (χ2n) is 6.13. The summed E-state index contributed by atoms with van der Waals surface area (Å²) < 4.78 is 14.3. The van der Waals surface area contributed by atoms with Crippen LogP contribution < -0.4 is 4.90 Å². The zero-order valence-corrected chi connectivity index (χ0v) is 16.1. The van der Waals surface area contributed by atoms with Gasteiger partial charge in [-0.2, -0.15) is 0 Å².